The van der Waals surface area contributed by atoms with Crippen molar-refractivity contribution < 1.29 is 9.63 Å². The van der Waals surface area contributed by atoms with Gasteiger partial charge in [-0.25, -0.2) is 4.68 Å². The van der Waals surface area contributed by atoms with Crippen molar-refractivity contribution in [2.75, 3.05) is 13.1 Å². The molecular formula is C15H24N6O2. The molecular weight excluding hydrogens is 296 g/mol. The number of nitrogens with zero attached hydrogens (tertiary/aromatic N) is 6. The zero-order valence-corrected chi connectivity index (χ0v) is 14.1. The van der Waals surface area contributed by atoms with E-state index in [-0.39, 0.29) is 12.0 Å². The summed E-state index contributed by atoms with van der Waals surface area (Å²) in [5.41, 5.74) is -0.337. The van der Waals surface area contributed by atoms with E-state index in [9.17, 15) is 5.11 Å². The van der Waals surface area contributed by atoms with Gasteiger partial charge in [-0.2, -0.15) is 4.98 Å². The summed E-state index contributed by atoms with van der Waals surface area (Å²) in [5.74, 6) is 1.55. The summed E-state index contributed by atoms with van der Waals surface area (Å²) in [6.07, 6.45) is 2.45. The minimum Gasteiger partial charge on any atom is -0.382 e. The molecule has 2 aromatic heterocycles. The Hall–Kier alpha value is -1.80. The van der Waals surface area contributed by atoms with Crippen LogP contribution in [0.2, 0.25) is 0 Å². The molecule has 8 heteroatoms. The molecule has 2 aromatic rings. The van der Waals surface area contributed by atoms with E-state index in [1.54, 1.807) is 4.68 Å². The molecule has 1 atom stereocenters. The molecule has 1 fully saturated rings. The molecule has 0 amide bonds. The number of rotatable bonds is 5. The fourth-order valence-corrected chi connectivity index (χ4v) is 2.72. The van der Waals surface area contributed by atoms with Gasteiger partial charge in [0.05, 0.1) is 12.7 Å². The Balaban J connectivity index is 1.66. The number of hydrogen-bond donors (Lipinski definition) is 1. The van der Waals surface area contributed by atoms with E-state index in [1.807, 2.05) is 33.9 Å². The van der Waals surface area contributed by atoms with Gasteiger partial charge in [0, 0.05) is 25.0 Å². The van der Waals surface area contributed by atoms with Crippen LogP contribution in [0.4, 0.5) is 0 Å². The Labute approximate surface area is 135 Å². The summed E-state index contributed by atoms with van der Waals surface area (Å²) < 4.78 is 7.05. The van der Waals surface area contributed by atoms with Crippen LogP contribution in [0.3, 0.4) is 0 Å². The Morgan fingerprint density at radius 2 is 2.13 bits per heavy atom. The highest BCUT2D eigenvalue weighted by molar-refractivity contribution is 5.11. The lowest BCUT2D eigenvalue weighted by Crippen LogP contribution is -2.31. The number of aliphatic hydroxyl groups is 1. The summed E-state index contributed by atoms with van der Waals surface area (Å²) in [7, 11) is 0. The van der Waals surface area contributed by atoms with Gasteiger partial charge in [0.2, 0.25) is 5.89 Å². The van der Waals surface area contributed by atoms with E-state index < -0.39 is 5.60 Å². The molecule has 126 valence electrons. The van der Waals surface area contributed by atoms with Crippen LogP contribution in [0.15, 0.2) is 10.7 Å². The fourth-order valence-electron chi connectivity index (χ4n) is 2.72. The van der Waals surface area contributed by atoms with Crippen molar-refractivity contribution in [2.24, 2.45) is 0 Å². The van der Waals surface area contributed by atoms with E-state index in [0.717, 1.165) is 6.54 Å². The average molecular weight is 320 g/mol. The molecule has 0 saturated carbocycles. The van der Waals surface area contributed by atoms with Crippen LogP contribution in [-0.2, 0) is 12.1 Å². The highest BCUT2D eigenvalue weighted by Gasteiger charge is 2.40. The monoisotopic (exact) mass is 320 g/mol. The first kappa shape index (κ1) is 16.1. The van der Waals surface area contributed by atoms with E-state index in [2.05, 4.69) is 25.4 Å². The maximum Gasteiger partial charge on any atom is 0.240 e. The summed E-state index contributed by atoms with van der Waals surface area (Å²) >= 11 is 0. The van der Waals surface area contributed by atoms with Gasteiger partial charge in [-0.15, -0.1) is 5.10 Å². The van der Waals surface area contributed by atoms with E-state index in [0.29, 0.717) is 36.9 Å². The molecule has 1 aliphatic heterocycles. The quantitative estimate of drug-likeness (QED) is 0.891. The lowest BCUT2D eigenvalue weighted by molar-refractivity contribution is 0.0397. The molecule has 1 saturated heterocycles. The fraction of sp³-hybridized carbons (Fsp3) is 0.733. The molecule has 0 aliphatic carbocycles. The van der Waals surface area contributed by atoms with Crippen molar-refractivity contribution >= 4 is 0 Å². The van der Waals surface area contributed by atoms with Crippen LogP contribution in [0.5, 0.6) is 0 Å². The third-order valence-electron chi connectivity index (χ3n) is 4.20. The van der Waals surface area contributed by atoms with Gasteiger partial charge in [-0.05, 0) is 20.3 Å². The second-order valence-corrected chi connectivity index (χ2v) is 6.87. The largest absolute Gasteiger partial charge is 0.382 e. The number of likely N-dealkylation sites (tertiary alicyclic amines) is 1. The summed E-state index contributed by atoms with van der Waals surface area (Å²) in [4.78, 5) is 6.49. The number of β-amino-alcohol motifs (C(OH)–C–C–N with tert-alkyl or cyclic N) is 1. The standard InChI is InChI=1S/C15H24N6O2/c1-10(2)14-16-13(23-18-14)8-20-6-5-15(22,9-20)12-7-21(11(3)4)19-17-12/h7,10-11,22H,5-6,8-9H2,1-4H3/t15-/m0/s1. The van der Waals surface area contributed by atoms with Gasteiger partial charge < -0.3 is 9.63 Å². The van der Waals surface area contributed by atoms with Crippen LogP contribution in [0.25, 0.3) is 0 Å². The summed E-state index contributed by atoms with van der Waals surface area (Å²) in [6.45, 7) is 9.91. The third-order valence-corrected chi connectivity index (χ3v) is 4.20. The minimum absolute atomic E-state index is 0.227. The zero-order chi connectivity index (χ0) is 16.6. The molecule has 0 radical (unpaired) electrons. The predicted molar refractivity (Wildman–Crippen MR) is 82.6 cm³/mol. The predicted octanol–water partition coefficient (Wildman–Crippen LogP) is 1.46. The molecule has 3 rings (SSSR count). The SMILES string of the molecule is CC(C)c1noc(CN2CC[C@@](O)(c3cn(C(C)C)nn3)C2)n1. The van der Waals surface area contributed by atoms with Crippen molar-refractivity contribution in [2.45, 2.75) is 58.2 Å². The van der Waals surface area contributed by atoms with E-state index in [1.165, 1.54) is 0 Å². The smallest absolute Gasteiger partial charge is 0.240 e. The Morgan fingerprint density at radius 3 is 2.74 bits per heavy atom. The Kier molecular flexibility index (Phi) is 4.20. The maximum absolute atomic E-state index is 10.9. The first-order valence-corrected chi connectivity index (χ1v) is 8.07. The van der Waals surface area contributed by atoms with Gasteiger partial charge in [-0.3, -0.25) is 4.90 Å². The van der Waals surface area contributed by atoms with Gasteiger partial charge in [0.25, 0.3) is 0 Å². The van der Waals surface area contributed by atoms with E-state index in [4.69, 9.17) is 4.52 Å². The molecule has 0 unspecified atom stereocenters. The van der Waals surface area contributed by atoms with Gasteiger partial charge >= 0.3 is 0 Å². The number of aromatic nitrogens is 5. The Bertz CT molecular complexity index is 664. The van der Waals surface area contributed by atoms with Crippen LogP contribution in [0, 0.1) is 0 Å². The van der Waals surface area contributed by atoms with Crippen molar-refractivity contribution in [1.82, 2.24) is 30.0 Å². The molecule has 0 bridgehead atoms. The third kappa shape index (κ3) is 3.28. The molecule has 1 N–H and O–H groups in total. The van der Waals surface area contributed by atoms with Crippen molar-refractivity contribution in [1.29, 1.82) is 0 Å². The summed E-state index contributed by atoms with van der Waals surface area (Å²) in [5, 5.41) is 23.1. The minimum atomic E-state index is -0.964. The topological polar surface area (TPSA) is 93.1 Å². The highest BCUT2D eigenvalue weighted by Crippen LogP contribution is 2.31. The normalized spacial score (nSPS) is 22.6. The second kappa shape index (κ2) is 6.01. The van der Waals surface area contributed by atoms with Crippen molar-refractivity contribution in [3.05, 3.63) is 23.6 Å². The van der Waals surface area contributed by atoms with Crippen LogP contribution in [-0.4, -0.2) is 48.2 Å². The van der Waals surface area contributed by atoms with Gasteiger partial charge in [0.1, 0.15) is 11.3 Å². The maximum atomic E-state index is 10.9. The van der Waals surface area contributed by atoms with Crippen molar-refractivity contribution in [3.8, 4) is 0 Å². The molecule has 1 aliphatic rings. The van der Waals surface area contributed by atoms with Crippen LogP contribution < -0.4 is 0 Å². The molecule has 8 nitrogen and oxygen atoms in total. The lowest BCUT2D eigenvalue weighted by atomic mass is 10.00. The van der Waals surface area contributed by atoms with Crippen LogP contribution >= 0.6 is 0 Å². The molecule has 3 heterocycles. The first-order chi connectivity index (χ1) is 10.9. The molecule has 0 spiro atoms. The van der Waals surface area contributed by atoms with E-state index >= 15 is 0 Å². The second-order valence-electron chi connectivity index (χ2n) is 6.87. The molecule has 23 heavy (non-hydrogen) atoms. The first-order valence-electron chi connectivity index (χ1n) is 8.07. The average Bonchev–Trinajstić information content (AvgIpc) is 3.19. The highest BCUT2D eigenvalue weighted by atomic mass is 16.5. The van der Waals surface area contributed by atoms with Gasteiger partial charge in [0.15, 0.2) is 5.82 Å². The molecule has 0 aromatic carbocycles. The zero-order valence-electron chi connectivity index (χ0n) is 14.1. The van der Waals surface area contributed by atoms with Crippen molar-refractivity contribution in [3.63, 3.8) is 0 Å². The Morgan fingerprint density at radius 1 is 1.35 bits per heavy atom. The number of hydrogen-bond acceptors (Lipinski definition) is 7. The lowest BCUT2D eigenvalue weighted by Gasteiger charge is -2.20. The summed E-state index contributed by atoms with van der Waals surface area (Å²) in [6, 6.07) is 0.227. The van der Waals surface area contributed by atoms with Crippen LogP contribution in [0.1, 0.15) is 63.5 Å². The van der Waals surface area contributed by atoms with Gasteiger partial charge in [-0.1, -0.05) is 24.2 Å².